The van der Waals surface area contributed by atoms with Crippen LogP contribution in [-0.2, 0) is 9.84 Å². The van der Waals surface area contributed by atoms with Crippen LogP contribution in [0.4, 0.5) is 8.78 Å². The van der Waals surface area contributed by atoms with Crippen LogP contribution in [-0.4, -0.2) is 38.7 Å². The highest BCUT2D eigenvalue weighted by molar-refractivity contribution is 7.91. The lowest BCUT2D eigenvalue weighted by molar-refractivity contribution is 0.0952. The molecule has 2 N–H and O–H groups in total. The smallest absolute Gasteiger partial charge is 0.341 e. The summed E-state index contributed by atoms with van der Waals surface area (Å²) >= 11 is 0. The Labute approximate surface area is 195 Å². The van der Waals surface area contributed by atoms with Gasteiger partial charge in [0.15, 0.2) is 0 Å². The number of hydrogen-bond acceptors (Lipinski definition) is 4. The highest BCUT2D eigenvalue weighted by Crippen LogP contribution is 2.31. The standard InChI is InChI=1S/C25H22F2N2O4S/c1-33-18-10-6-16(7-11-18)21(22-15-28-23-5-3-2-4-20(22)23)14-29-24(30)17-8-12-19(13-9-17)34(31,32)25(26)27/h2-13,15,21,25,28H,14H2,1H3,(H,29,30). The van der Waals surface area contributed by atoms with Gasteiger partial charge in [-0.2, -0.15) is 8.78 Å². The average molecular weight is 485 g/mol. The van der Waals surface area contributed by atoms with Gasteiger partial charge in [0.1, 0.15) is 5.75 Å². The molecular weight excluding hydrogens is 462 g/mol. The number of hydrogen-bond donors (Lipinski definition) is 2. The molecule has 0 aliphatic carbocycles. The predicted molar refractivity (Wildman–Crippen MR) is 125 cm³/mol. The van der Waals surface area contributed by atoms with Gasteiger partial charge < -0.3 is 15.0 Å². The summed E-state index contributed by atoms with van der Waals surface area (Å²) in [4.78, 5) is 15.5. The Hall–Kier alpha value is -3.72. The molecule has 1 atom stereocenters. The van der Waals surface area contributed by atoms with E-state index in [4.69, 9.17) is 4.74 Å². The number of methoxy groups -OCH3 is 1. The first-order valence-corrected chi connectivity index (χ1v) is 12.0. The summed E-state index contributed by atoms with van der Waals surface area (Å²) in [6.07, 6.45) is 1.91. The topological polar surface area (TPSA) is 88.3 Å². The Morgan fingerprint density at radius 3 is 2.32 bits per heavy atom. The van der Waals surface area contributed by atoms with E-state index in [-0.39, 0.29) is 18.0 Å². The van der Waals surface area contributed by atoms with Gasteiger partial charge in [-0.25, -0.2) is 8.42 Å². The molecule has 1 heterocycles. The number of H-pyrrole nitrogens is 1. The number of carbonyl (C=O) groups is 1. The maximum Gasteiger partial charge on any atom is 0.341 e. The minimum Gasteiger partial charge on any atom is -0.497 e. The maximum atomic E-state index is 12.8. The lowest BCUT2D eigenvalue weighted by Crippen LogP contribution is -2.29. The van der Waals surface area contributed by atoms with Gasteiger partial charge in [-0.3, -0.25) is 4.79 Å². The number of alkyl halides is 2. The van der Waals surface area contributed by atoms with Crippen LogP contribution in [0, 0.1) is 0 Å². The number of para-hydroxylation sites is 1. The van der Waals surface area contributed by atoms with Crippen LogP contribution in [0.3, 0.4) is 0 Å². The minimum absolute atomic E-state index is 0.167. The lowest BCUT2D eigenvalue weighted by atomic mass is 9.90. The molecule has 0 aliphatic heterocycles. The summed E-state index contributed by atoms with van der Waals surface area (Å²) in [5, 5.41) is 3.91. The Bertz CT molecular complexity index is 1400. The van der Waals surface area contributed by atoms with Gasteiger partial charge in [0.05, 0.1) is 12.0 Å². The Morgan fingerprint density at radius 1 is 1.00 bits per heavy atom. The molecule has 3 aromatic carbocycles. The number of carbonyl (C=O) groups excluding carboxylic acids is 1. The van der Waals surface area contributed by atoms with Crippen molar-refractivity contribution in [3.63, 3.8) is 0 Å². The molecule has 4 aromatic rings. The van der Waals surface area contributed by atoms with Crippen molar-refractivity contribution in [3.05, 3.63) is 95.7 Å². The first kappa shape index (κ1) is 23.4. The van der Waals surface area contributed by atoms with E-state index in [1.54, 1.807) is 7.11 Å². The van der Waals surface area contributed by atoms with E-state index >= 15 is 0 Å². The fourth-order valence-corrected chi connectivity index (χ4v) is 4.54. The summed E-state index contributed by atoms with van der Waals surface area (Å²) in [5.41, 5.74) is 3.10. The number of aromatic amines is 1. The van der Waals surface area contributed by atoms with Gasteiger partial charge >= 0.3 is 5.76 Å². The zero-order valence-corrected chi connectivity index (χ0v) is 19.0. The average Bonchev–Trinajstić information content (AvgIpc) is 3.28. The molecular formula is C25H22F2N2O4S. The Kier molecular flexibility index (Phi) is 6.65. The summed E-state index contributed by atoms with van der Waals surface area (Å²) in [6, 6.07) is 19.9. The molecule has 176 valence electrons. The van der Waals surface area contributed by atoms with E-state index in [0.29, 0.717) is 5.75 Å². The van der Waals surface area contributed by atoms with Crippen LogP contribution in [0.25, 0.3) is 10.9 Å². The summed E-state index contributed by atoms with van der Waals surface area (Å²) in [6.45, 7) is 0.254. The third-order valence-electron chi connectivity index (χ3n) is 5.66. The van der Waals surface area contributed by atoms with Crippen molar-refractivity contribution in [3.8, 4) is 5.75 Å². The van der Waals surface area contributed by atoms with Crippen LogP contribution >= 0.6 is 0 Å². The Morgan fingerprint density at radius 2 is 1.68 bits per heavy atom. The number of sulfone groups is 1. The quantitative estimate of drug-likeness (QED) is 0.378. The molecule has 1 amide bonds. The normalized spacial score (nSPS) is 12.6. The highest BCUT2D eigenvalue weighted by atomic mass is 32.2. The summed E-state index contributed by atoms with van der Waals surface area (Å²) in [5.74, 6) is -3.44. The molecule has 0 bridgehead atoms. The van der Waals surface area contributed by atoms with Crippen molar-refractivity contribution in [2.75, 3.05) is 13.7 Å². The third-order valence-corrected chi connectivity index (χ3v) is 7.06. The minimum atomic E-state index is -4.72. The van der Waals surface area contributed by atoms with Crippen molar-refractivity contribution in [2.24, 2.45) is 0 Å². The van der Waals surface area contributed by atoms with E-state index < -0.39 is 26.4 Å². The molecule has 0 fully saturated rings. The third kappa shape index (κ3) is 4.65. The predicted octanol–water partition coefficient (Wildman–Crippen LogP) is 4.73. The number of ether oxygens (including phenoxy) is 1. The molecule has 0 saturated heterocycles. The van der Waals surface area contributed by atoms with Gasteiger partial charge in [0, 0.05) is 35.1 Å². The van der Waals surface area contributed by atoms with Gasteiger partial charge in [-0.05, 0) is 53.6 Å². The van der Waals surface area contributed by atoms with Crippen LogP contribution < -0.4 is 10.1 Å². The highest BCUT2D eigenvalue weighted by Gasteiger charge is 2.26. The van der Waals surface area contributed by atoms with Crippen molar-refractivity contribution < 1.29 is 26.7 Å². The molecule has 1 aromatic heterocycles. The number of fused-ring (bicyclic) bond motifs is 1. The monoisotopic (exact) mass is 484 g/mol. The van der Waals surface area contributed by atoms with Crippen LogP contribution in [0.1, 0.15) is 27.4 Å². The van der Waals surface area contributed by atoms with Crippen LogP contribution in [0.15, 0.2) is 83.9 Å². The summed E-state index contributed by atoms with van der Waals surface area (Å²) < 4.78 is 53.9. The molecule has 0 saturated carbocycles. The van der Waals surface area contributed by atoms with Crippen LogP contribution in [0.2, 0.25) is 0 Å². The van der Waals surface area contributed by atoms with Crippen LogP contribution in [0.5, 0.6) is 5.75 Å². The number of rotatable bonds is 8. The van der Waals surface area contributed by atoms with Crippen molar-refractivity contribution >= 4 is 26.6 Å². The number of amides is 1. The van der Waals surface area contributed by atoms with Crippen molar-refractivity contribution in [1.82, 2.24) is 10.3 Å². The second kappa shape index (κ2) is 9.64. The van der Waals surface area contributed by atoms with Crippen molar-refractivity contribution in [1.29, 1.82) is 0 Å². The second-order valence-electron chi connectivity index (χ2n) is 7.66. The SMILES string of the molecule is COc1ccc(C(CNC(=O)c2ccc(S(=O)(=O)C(F)F)cc2)c2c[nH]c3ccccc23)cc1. The van der Waals surface area contributed by atoms with Gasteiger partial charge in [-0.15, -0.1) is 0 Å². The molecule has 0 radical (unpaired) electrons. The van der Waals surface area contributed by atoms with Crippen molar-refractivity contribution in [2.45, 2.75) is 16.6 Å². The lowest BCUT2D eigenvalue weighted by Gasteiger charge is -2.19. The van der Waals surface area contributed by atoms with E-state index in [9.17, 15) is 22.0 Å². The second-order valence-corrected chi connectivity index (χ2v) is 9.57. The van der Waals surface area contributed by atoms with E-state index in [2.05, 4.69) is 10.3 Å². The van der Waals surface area contributed by atoms with E-state index in [1.807, 2.05) is 54.7 Å². The zero-order valence-electron chi connectivity index (χ0n) is 18.2. The summed E-state index contributed by atoms with van der Waals surface area (Å²) in [7, 11) is -3.13. The van der Waals surface area contributed by atoms with E-state index in [0.717, 1.165) is 34.2 Å². The fourth-order valence-electron chi connectivity index (χ4n) is 3.82. The molecule has 1 unspecified atom stereocenters. The number of halogens is 2. The molecule has 0 spiro atoms. The first-order chi connectivity index (χ1) is 16.3. The van der Waals surface area contributed by atoms with Gasteiger partial charge in [0.2, 0.25) is 9.84 Å². The molecule has 6 nitrogen and oxygen atoms in total. The molecule has 0 aliphatic rings. The van der Waals surface area contributed by atoms with E-state index in [1.165, 1.54) is 12.1 Å². The largest absolute Gasteiger partial charge is 0.497 e. The molecule has 9 heteroatoms. The molecule has 34 heavy (non-hydrogen) atoms. The fraction of sp³-hybridized carbons (Fsp3) is 0.160. The number of benzene rings is 3. The van der Waals surface area contributed by atoms with Gasteiger partial charge in [-0.1, -0.05) is 30.3 Å². The van der Waals surface area contributed by atoms with Gasteiger partial charge in [0.25, 0.3) is 5.91 Å². The number of nitrogens with one attached hydrogen (secondary N) is 2. The zero-order chi connectivity index (χ0) is 24.3. The molecule has 4 rings (SSSR count). The first-order valence-electron chi connectivity index (χ1n) is 10.4. The Balaban J connectivity index is 1.59. The maximum absolute atomic E-state index is 12.8. The number of aromatic nitrogens is 1.